The summed E-state index contributed by atoms with van der Waals surface area (Å²) in [6, 6.07) is 0. The molecular formula is C15H21NO3. The van der Waals surface area contributed by atoms with Gasteiger partial charge in [0.2, 0.25) is 0 Å². The predicted molar refractivity (Wildman–Crippen MR) is 72.9 cm³/mol. The van der Waals surface area contributed by atoms with Gasteiger partial charge in [-0.25, -0.2) is 0 Å². The molecule has 0 bridgehead atoms. The SMILES string of the molecule is CC(=O)c1c(C(C)=O)c(C)n(C[C@H]2CCCO2)c1C. The average Bonchev–Trinajstić information content (AvgIpc) is 2.90. The van der Waals surface area contributed by atoms with E-state index in [0.717, 1.165) is 37.4 Å². The summed E-state index contributed by atoms with van der Waals surface area (Å²) in [6.07, 6.45) is 2.33. The first-order chi connectivity index (χ1) is 8.93. The summed E-state index contributed by atoms with van der Waals surface area (Å²) in [5, 5.41) is 0. The third kappa shape index (κ3) is 2.50. The number of hydrogen-bond donors (Lipinski definition) is 0. The van der Waals surface area contributed by atoms with Gasteiger partial charge in [-0.1, -0.05) is 0 Å². The number of Topliss-reactive ketones (excluding diaryl/α,β-unsaturated/α-hetero) is 2. The molecule has 0 radical (unpaired) electrons. The monoisotopic (exact) mass is 263 g/mol. The fourth-order valence-electron chi connectivity index (χ4n) is 3.01. The maximum absolute atomic E-state index is 11.8. The lowest BCUT2D eigenvalue weighted by atomic mass is 10.0. The zero-order chi connectivity index (χ0) is 14.2. The maximum atomic E-state index is 11.8. The van der Waals surface area contributed by atoms with Crippen LogP contribution in [0.25, 0.3) is 0 Å². The first kappa shape index (κ1) is 14.0. The Morgan fingerprint density at radius 3 is 2.05 bits per heavy atom. The normalized spacial score (nSPS) is 18.8. The van der Waals surface area contributed by atoms with Crippen LogP contribution in [0.2, 0.25) is 0 Å². The highest BCUT2D eigenvalue weighted by molar-refractivity contribution is 6.09. The Labute approximate surface area is 113 Å². The number of hydrogen-bond acceptors (Lipinski definition) is 3. The lowest BCUT2D eigenvalue weighted by molar-refractivity contribution is 0.0955. The molecule has 4 heteroatoms. The maximum Gasteiger partial charge on any atom is 0.162 e. The van der Waals surface area contributed by atoms with Crippen LogP contribution in [0.15, 0.2) is 0 Å². The van der Waals surface area contributed by atoms with Crippen LogP contribution in [-0.2, 0) is 11.3 Å². The first-order valence-electron chi connectivity index (χ1n) is 6.76. The van der Waals surface area contributed by atoms with Gasteiger partial charge in [-0.05, 0) is 40.5 Å². The molecule has 104 valence electrons. The van der Waals surface area contributed by atoms with Gasteiger partial charge < -0.3 is 9.30 Å². The van der Waals surface area contributed by atoms with Crippen molar-refractivity contribution in [1.82, 2.24) is 4.57 Å². The molecule has 4 nitrogen and oxygen atoms in total. The van der Waals surface area contributed by atoms with Crippen LogP contribution < -0.4 is 0 Å². The van der Waals surface area contributed by atoms with Crippen LogP contribution in [0.1, 0.15) is 58.8 Å². The standard InChI is InChI=1S/C15H21NO3/c1-9-14(11(3)17)15(12(4)18)10(2)16(9)8-13-6-5-7-19-13/h13H,5-8H2,1-4H3/t13-/m1/s1. The van der Waals surface area contributed by atoms with Crippen LogP contribution >= 0.6 is 0 Å². The average molecular weight is 263 g/mol. The Hall–Kier alpha value is -1.42. The van der Waals surface area contributed by atoms with E-state index in [0.29, 0.717) is 11.1 Å². The second-order valence-corrected chi connectivity index (χ2v) is 5.28. The molecule has 0 saturated carbocycles. The number of ketones is 2. The lowest BCUT2D eigenvalue weighted by Crippen LogP contribution is -2.17. The molecule has 1 saturated heterocycles. The van der Waals surface area contributed by atoms with E-state index in [4.69, 9.17) is 4.74 Å². The molecule has 0 aromatic carbocycles. The largest absolute Gasteiger partial charge is 0.376 e. The number of ether oxygens (including phenoxy) is 1. The van der Waals surface area contributed by atoms with E-state index < -0.39 is 0 Å². The predicted octanol–water partition coefficient (Wildman–Crippen LogP) is 2.69. The van der Waals surface area contributed by atoms with Crippen molar-refractivity contribution in [2.75, 3.05) is 6.61 Å². The summed E-state index contributed by atoms with van der Waals surface area (Å²) in [6.45, 7) is 8.39. The molecule has 0 N–H and O–H groups in total. The molecular weight excluding hydrogens is 242 g/mol. The van der Waals surface area contributed by atoms with E-state index in [2.05, 4.69) is 4.57 Å². The van der Waals surface area contributed by atoms with Gasteiger partial charge in [0.15, 0.2) is 11.6 Å². The Morgan fingerprint density at radius 1 is 1.16 bits per heavy atom. The van der Waals surface area contributed by atoms with E-state index in [9.17, 15) is 9.59 Å². The molecule has 0 amide bonds. The molecule has 2 rings (SSSR count). The minimum atomic E-state index is -0.0445. The number of carbonyl (C=O) groups excluding carboxylic acids is 2. The first-order valence-corrected chi connectivity index (χ1v) is 6.76. The highest BCUT2D eigenvalue weighted by Crippen LogP contribution is 2.25. The minimum Gasteiger partial charge on any atom is -0.376 e. The Balaban J connectivity index is 2.46. The summed E-state index contributed by atoms with van der Waals surface area (Å²) in [5.74, 6) is -0.0891. The second-order valence-electron chi connectivity index (χ2n) is 5.28. The molecule has 0 aliphatic carbocycles. The fraction of sp³-hybridized carbons (Fsp3) is 0.600. The topological polar surface area (TPSA) is 48.3 Å². The highest BCUT2D eigenvalue weighted by Gasteiger charge is 2.25. The van der Waals surface area contributed by atoms with Crippen LogP contribution in [0, 0.1) is 13.8 Å². The zero-order valence-corrected chi connectivity index (χ0v) is 12.1. The molecule has 1 aromatic heterocycles. The Bertz CT molecular complexity index is 484. The molecule has 0 unspecified atom stereocenters. The molecule has 1 aromatic rings. The van der Waals surface area contributed by atoms with Gasteiger partial charge in [0, 0.05) is 35.7 Å². The van der Waals surface area contributed by atoms with Crippen LogP contribution in [0.3, 0.4) is 0 Å². The van der Waals surface area contributed by atoms with Gasteiger partial charge in [0.1, 0.15) is 0 Å². The van der Waals surface area contributed by atoms with Gasteiger partial charge in [-0.15, -0.1) is 0 Å². The molecule has 1 aliphatic rings. The molecule has 1 atom stereocenters. The van der Waals surface area contributed by atoms with E-state index in [1.807, 2.05) is 13.8 Å². The fourth-order valence-corrected chi connectivity index (χ4v) is 3.01. The third-order valence-corrected chi connectivity index (χ3v) is 3.90. The number of rotatable bonds is 4. The Morgan fingerprint density at radius 2 is 1.68 bits per heavy atom. The second kappa shape index (κ2) is 5.29. The van der Waals surface area contributed by atoms with Crippen molar-refractivity contribution < 1.29 is 14.3 Å². The molecule has 1 aliphatic heterocycles. The van der Waals surface area contributed by atoms with Crippen molar-refractivity contribution in [2.24, 2.45) is 0 Å². The lowest BCUT2D eigenvalue weighted by Gasteiger charge is -2.14. The molecule has 2 heterocycles. The van der Waals surface area contributed by atoms with E-state index in [1.165, 1.54) is 13.8 Å². The van der Waals surface area contributed by atoms with E-state index >= 15 is 0 Å². The summed E-state index contributed by atoms with van der Waals surface area (Å²) in [7, 11) is 0. The van der Waals surface area contributed by atoms with Crippen molar-refractivity contribution in [3.63, 3.8) is 0 Å². The molecule has 19 heavy (non-hydrogen) atoms. The molecule has 1 fully saturated rings. The van der Waals surface area contributed by atoms with Crippen molar-refractivity contribution in [3.8, 4) is 0 Å². The van der Waals surface area contributed by atoms with E-state index in [1.54, 1.807) is 0 Å². The van der Waals surface area contributed by atoms with Crippen LogP contribution in [0.5, 0.6) is 0 Å². The Kier molecular flexibility index (Phi) is 3.90. The van der Waals surface area contributed by atoms with Crippen molar-refractivity contribution in [2.45, 2.75) is 53.2 Å². The van der Waals surface area contributed by atoms with E-state index in [-0.39, 0.29) is 17.7 Å². The quantitative estimate of drug-likeness (QED) is 0.785. The van der Waals surface area contributed by atoms with Crippen LogP contribution in [0.4, 0.5) is 0 Å². The van der Waals surface area contributed by atoms with Gasteiger partial charge in [-0.2, -0.15) is 0 Å². The van der Waals surface area contributed by atoms with Gasteiger partial charge in [0.25, 0.3) is 0 Å². The smallest absolute Gasteiger partial charge is 0.162 e. The minimum absolute atomic E-state index is 0.0445. The van der Waals surface area contributed by atoms with Crippen molar-refractivity contribution in [1.29, 1.82) is 0 Å². The molecule has 0 spiro atoms. The summed E-state index contributed by atoms with van der Waals surface area (Å²) in [4.78, 5) is 23.6. The van der Waals surface area contributed by atoms with Gasteiger partial charge in [0.05, 0.1) is 6.10 Å². The van der Waals surface area contributed by atoms with Crippen LogP contribution in [-0.4, -0.2) is 28.8 Å². The summed E-state index contributed by atoms with van der Waals surface area (Å²) < 4.78 is 7.71. The third-order valence-electron chi connectivity index (χ3n) is 3.90. The highest BCUT2D eigenvalue weighted by atomic mass is 16.5. The summed E-state index contributed by atoms with van der Waals surface area (Å²) in [5.41, 5.74) is 2.90. The van der Waals surface area contributed by atoms with Gasteiger partial charge >= 0.3 is 0 Å². The van der Waals surface area contributed by atoms with Crippen molar-refractivity contribution >= 4 is 11.6 Å². The summed E-state index contributed by atoms with van der Waals surface area (Å²) >= 11 is 0. The number of nitrogens with zero attached hydrogens (tertiary/aromatic N) is 1. The number of aromatic nitrogens is 1. The van der Waals surface area contributed by atoms with Gasteiger partial charge in [-0.3, -0.25) is 9.59 Å². The van der Waals surface area contributed by atoms with Crippen molar-refractivity contribution in [3.05, 3.63) is 22.5 Å². The number of carbonyl (C=O) groups is 2. The zero-order valence-electron chi connectivity index (χ0n) is 12.1.